The highest BCUT2D eigenvalue weighted by Gasteiger charge is 2.07. The molecule has 0 fully saturated rings. The van der Waals surface area contributed by atoms with Crippen LogP contribution in [0.3, 0.4) is 0 Å². The molecule has 2 N–H and O–H groups in total. The van der Waals surface area contributed by atoms with Crippen LogP contribution in [0.4, 0.5) is 0 Å². The second kappa shape index (κ2) is 11.7. The molecule has 0 saturated carbocycles. The average Bonchev–Trinajstić information content (AvgIpc) is 2.54. The van der Waals surface area contributed by atoms with Crippen LogP contribution in [0.2, 0.25) is 0 Å². The highest BCUT2D eigenvalue weighted by Crippen LogP contribution is 2.20. The van der Waals surface area contributed by atoms with E-state index >= 15 is 0 Å². The van der Waals surface area contributed by atoms with Crippen LogP contribution in [0.15, 0.2) is 35.8 Å². The summed E-state index contributed by atoms with van der Waals surface area (Å²) >= 11 is 0. The van der Waals surface area contributed by atoms with Gasteiger partial charge >= 0.3 is 0 Å². The minimum Gasteiger partial charge on any atom is -0.496 e. The van der Waals surface area contributed by atoms with Crippen molar-refractivity contribution in [1.82, 2.24) is 15.5 Å². The minimum atomic E-state index is -0.0222. The molecule has 7 heteroatoms. The van der Waals surface area contributed by atoms with Crippen LogP contribution >= 0.6 is 24.0 Å². The summed E-state index contributed by atoms with van der Waals surface area (Å²) in [6, 6.07) is 5.99. The van der Waals surface area contributed by atoms with Gasteiger partial charge in [-0.3, -0.25) is 4.79 Å². The zero-order valence-electron chi connectivity index (χ0n) is 14.8. The lowest BCUT2D eigenvalue weighted by atomic mass is 10.1. The van der Waals surface area contributed by atoms with Gasteiger partial charge in [0, 0.05) is 26.2 Å². The largest absolute Gasteiger partial charge is 0.496 e. The Hall–Kier alpha value is -1.77. The lowest BCUT2D eigenvalue weighted by Gasteiger charge is -2.14. The molecule has 6 nitrogen and oxygen atoms in total. The first-order valence-corrected chi connectivity index (χ1v) is 7.44. The first kappa shape index (κ1) is 22.2. The maximum atomic E-state index is 11.7. The number of hydrogen-bond donors (Lipinski definition) is 2. The number of methoxy groups -OCH3 is 1. The van der Waals surface area contributed by atoms with Crippen molar-refractivity contribution in [3.63, 3.8) is 0 Å². The molecular formula is C17H27IN4O2. The fraction of sp³-hybridized carbons (Fsp3) is 0.412. The van der Waals surface area contributed by atoms with E-state index in [9.17, 15) is 4.79 Å². The Labute approximate surface area is 161 Å². The number of aryl methyl sites for hydroxylation is 1. The number of benzene rings is 1. The zero-order chi connectivity index (χ0) is 17.2. The summed E-state index contributed by atoms with van der Waals surface area (Å²) in [5.41, 5.74) is 2.12. The molecule has 1 amide bonds. The molecule has 0 unspecified atom stereocenters. The molecule has 0 radical (unpaired) electrons. The first-order valence-electron chi connectivity index (χ1n) is 7.44. The third-order valence-corrected chi connectivity index (χ3v) is 3.17. The molecule has 0 aliphatic carbocycles. The SMILES string of the molecule is C=CCNC(=NCc1ccc(C)cc1OC)NCC(=O)N(C)C.I. The molecule has 134 valence electrons. The number of hydrogen-bond acceptors (Lipinski definition) is 3. The van der Waals surface area contributed by atoms with Crippen molar-refractivity contribution < 1.29 is 9.53 Å². The van der Waals surface area contributed by atoms with E-state index in [0.29, 0.717) is 19.0 Å². The lowest BCUT2D eigenvalue weighted by Crippen LogP contribution is -2.43. The number of carbonyl (C=O) groups is 1. The van der Waals surface area contributed by atoms with Crippen molar-refractivity contribution in [2.24, 2.45) is 4.99 Å². The summed E-state index contributed by atoms with van der Waals surface area (Å²) in [5.74, 6) is 1.34. The van der Waals surface area contributed by atoms with Crippen LogP contribution in [-0.2, 0) is 11.3 Å². The molecule has 0 spiro atoms. The first-order chi connectivity index (χ1) is 11.0. The van der Waals surface area contributed by atoms with Crippen molar-refractivity contribution >= 4 is 35.8 Å². The lowest BCUT2D eigenvalue weighted by molar-refractivity contribution is -0.127. The Morgan fingerprint density at radius 3 is 2.67 bits per heavy atom. The molecule has 1 aromatic rings. The van der Waals surface area contributed by atoms with E-state index in [4.69, 9.17) is 4.74 Å². The number of nitrogens with one attached hydrogen (secondary N) is 2. The molecule has 0 aromatic heterocycles. The molecule has 0 aliphatic heterocycles. The van der Waals surface area contributed by atoms with E-state index in [-0.39, 0.29) is 36.4 Å². The van der Waals surface area contributed by atoms with Crippen LogP contribution in [0.1, 0.15) is 11.1 Å². The second-order valence-electron chi connectivity index (χ2n) is 5.29. The van der Waals surface area contributed by atoms with Crippen molar-refractivity contribution in [3.8, 4) is 5.75 Å². The van der Waals surface area contributed by atoms with Crippen LogP contribution in [0.25, 0.3) is 0 Å². The summed E-state index contributed by atoms with van der Waals surface area (Å²) in [7, 11) is 5.08. The minimum absolute atomic E-state index is 0. The van der Waals surface area contributed by atoms with Gasteiger partial charge < -0.3 is 20.3 Å². The summed E-state index contributed by atoms with van der Waals surface area (Å²) in [5, 5.41) is 6.11. The summed E-state index contributed by atoms with van der Waals surface area (Å²) in [6.07, 6.45) is 1.73. The fourth-order valence-corrected chi connectivity index (χ4v) is 1.81. The number of aliphatic imine (C=N–C) groups is 1. The highest BCUT2D eigenvalue weighted by atomic mass is 127. The zero-order valence-corrected chi connectivity index (χ0v) is 17.1. The van der Waals surface area contributed by atoms with Gasteiger partial charge in [-0.1, -0.05) is 18.2 Å². The molecule has 0 saturated heterocycles. The van der Waals surface area contributed by atoms with Gasteiger partial charge in [0.05, 0.1) is 20.2 Å². The van der Waals surface area contributed by atoms with Gasteiger partial charge in [-0.15, -0.1) is 30.6 Å². The van der Waals surface area contributed by atoms with Gasteiger partial charge in [-0.25, -0.2) is 4.99 Å². The Morgan fingerprint density at radius 2 is 2.08 bits per heavy atom. The van der Waals surface area contributed by atoms with Gasteiger partial charge in [0.25, 0.3) is 0 Å². The molecule has 0 heterocycles. The number of nitrogens with zero attached hydrogens (tertiary/aromatic N) is 2. The third-order valence-electron chi connectivity index (χ3n) is 3.17. The maximum absolute atomic E-state index is 11.7. The predicted octanol–water partition coefficient (Wildman–Crippen LogP) is 1.93. The highest BCUT2D eigenvalue weighted by molar-refractivity contribution is 14.0. The number of halogens is 1. The molecule has 0 atom stereocenters. The summed E-state index contributed by atoms with van der Waals surface area (Å²) in [6.45, 7) is 6.88. The number of rotatable bonds is 7. The van der Waals surface area contributed by atoms with E-state index in [1.165, 1.54) is 4.90 Å². The van der Waals surface area contributed by atoms with Gasteiger partial charge in [0.1, 0.15) is 5.75 Å². The Balaban J connectivity index is 0.00000529. The van der Waals surface area contributed by atoms with E-state index in [2.05, 4.69) is 22.2 Å². The van der Waals surface area contributed by atoms with E-state index in [1.54, 1.807) is 27.3 Å². The number of guanidine groups is 1. The monoisotopic (exact) mass is 446 g/mol. The summed E-state index contributed by atoms with van der Waals surface area (Å²) in [4.78, 5) is 17.7. The van der Waals surface area contributed by atoms with Crippen molar-refractivity contribution in [2.75, 3.05) is 34.3 Å². The Kier molecular flexibility index (Phi) is 10.9. The van der Waals surface area contributed by atoms with Crippen LogP contribution in [0, 0.1) is 6.92 Å². The summed E-state index contributed by atoms with van der Waals surface area (Å²) < 4.78 is 5.38. The van der Waals surface area contributed by atoms with Crippen LogP contribution in [-0.4, -0.2) is 51.1 Å². The number of carbonyl (C=O) groups excluding carboxylic acids is 1. The molecule has 1 rings (SSSR count). The molecule has 24 heavy (non-hydrogen) atoms. The van der Waals surface area contributed by atoms with Gasteiger partial charge in [-0.2, -0.15) is 0 Å². The van der Waals surface area contributed by atoms with Crippen LogP contribution < -0.4 is 15.4 Å². The van der Waals surface area contributed by atoms with Gasteiger partial charge in [-0.05, 0) is 18.6 Å². The standard InChI is InChI=1S/C17H26N4O2.HI/c1-6-9-18-17(20-12-16(22)21(3)4)19-11-14-8-7-13(2)10-15(14)23-5;/h6-8,10H,1,9,11-12H2,2-5H3,(H2,18,19,20);1H. The topological polar surface area (TPSA) is 66.0 Å². The smallest absolute Gasteiger partial charge is 0.241 e. The van der Waals surface area contributed by atoms with Gasteiger partial charge in [0.15, 0.2) is 5.96 Å². The van der Waals surface area contributed by atoms with Gasteiger partial charge in [0.2, 0.25) is 5.91 Å². The van der Waals surface area contributed by atoms with E-state index in [0.717, 1.165) is 16.9 Å². The maximum Gasteiger partial charge on any atom is 0.241 e. The normalized spacial score (nSPS) is 10.4. The number of amides is 1. The number of likely N-dealkylation sites (N-methyl/N-ethyl adjacent to an activating group) is 1. The Morgan fingerprint density at radius 1 is 1.38 bits per heavy atom. The average molecular weight is 446 g/mol. The second-order valence-corrected chi connectivity index (χ2v) is 5.29. The van der Waals surface area contributed by atoms with Crippen molar-refractivity contribution in [2.45, 2.75) is 13.5 Å². The third kappa shape index (κ3) is 7.67. The van der Waals surface area contributed by atoms with E-state index in [1.807, 2.05) is 25.1 Å². The molecule has 1 aromatic carbocycles. The molecular weight excluding hydrogens is 419 g/mol. The molecule has 0 bridgehead atoms. The Bertz CT molecular complexity index is 574. The quantitative estimate of drug-likeness (QED) is 0.291. The van der Waals surface area contributed by atoms with Crippen molar-refractivity contribution in [1.29, 1.82) is 0 Å². The predicted molar refractivity (Wildman–Crippen MR) is 109 cm³/mol. The molecule has 0 aliphatic rings. The van der Waals surface area contributed by atoms with Crippen molar-refractivity contribution in [3.05, 3.63) is 42.0 Å². The number of ether oxygens (including phenoxy) is 1. The van der Waals surface area contributed by atoms with Crippen LogP contribution in [0.5, 0.6) is 5.75 Å². The van der Waals surface area contributed by atoms with E-state index < -0.39 is 0 Å². The fourth-order valence-electron chi connectivity index (χ4n) is 1.81.